The summed E-state index contributed by atoms with van der Waals surface area (Å²) < 4.78 is 2.53. The Bertz CT molecular complexity index is 2060. The van der Waals surface area contributed by atoms with E-state index in [1.54, 1.807) is 0 Å². The third kappa shape index (κ3) is 3.03. The van der Waals surface area contributed by atoms with Gasteiger partial charge in [0.05, 0.1) is 5.52 Å². The van der Waals surface area contributed by atoms with E-state index in [1.165, 1.54) is 59.4 Å². The fourth-order valence-electron chi connectivity index (χ4n) is 6.83. The number of anilines is 3. The number of fused-ring (bicyclic) bond motifs is 7. The number of aromatic nitrogens is 1. The van der Waals surface area contributed by atoms with Gasteiger partial charge in [-0.3, -0.25) is 0 Å². The molecule has 186 valence electrons. The molecule has 2 nitrogen and oxygen atoms in total. The van der Waals surface area contributed by atoms with Crippen LogP contribution in [0.25, 0.3) is 27.5 Å². The second-order valence-corrected chi connectivity index (χ2v) is 11.6. The van der Waals surface area contributed by atoms with E-state index in [-0.39, 0.29) is 6.71 Å². The number of nitrogens with zero attached hydrogens (tertiary/aromatic N) is 2. The molecule has 40 heavy (non-hydrogen) atoms. The van der Waals surface area contributed by atoms with Gasteiger partial charge in [0.15, 0.2) is 0 Å². The highest BCUT2D eigenvalue weighted by atomic mass is 32.2. The first-order chi connectivity index (χ1) is 19.9. The van der Waals surface area contributed by atoms with Crippen molar-refractivity contribution in [2.45, 2.75) is 9.79 Å². The molecule has 9 rings (SSSR count). The Hall–Kier alpha value is -4.67. The molecule has 2 aliphatic rings. The molecule has 4 heteroatoms. The summed E-state index contributed by atoms with van der Waals surface area (Å²) in [5.41, 5.74) is 11.6. The van der Waals surface area contributed by atoms with Crippen LogP contribution in [0.1, 0.15) is 0 Å². The monoisotopic (exact) mass is 526 g/mol. The molecule has 0 bridgehead atoms. The molecule has 0 spiro atoms. The van der Waals surface area contributed by atoms with Crippen molar-refractivity contribution in [1.29, 1.82) is 0 Å². The fourth-order valence-corrected chi connectivity index (χ4v) is 8.02. The maximum atomic E-state index is 2.53. The Morgan fingerprint density at radius 2 is 1.18 bits per heavy atom. The summed E-state index contributed by atoms with van der Waals surface area (Å²) in [5.74, 6) is 0. The molecule has 3 heterocycles. The lowest BCUT2D eigenvalue weighted by Crippen LogP contribution is -2.58. The van der Waals surface area contributed by atoms with Gasteiger partial charge in [-0.15, -0.1) is 0 Å². The molecule has 0 aliphatic carbocycles. The first kappa shape index (κ1) is 22.2. The average Bonchev–Trinajstić information content (AvgIpc) is 3.36. The standard InChI is InChI=1S/C36H23BN2S/c1-3-12-24(13-4-1)38(25-14-5-2-6-15-25)26-22-32-35-34(23-26)40-33-21-10-8-18-29(33)37(35)30-19-11-17-28-27-16-7-9-20-31(27)39(32)36(28)30/h1-23H. The lowest BCUT2D eigenvalue weighted by molar-refractivity contribution is 1.16. The van der Waals surface area contributed by atoms with Crippen molar-refractivity contribution in [3.63, 3.8) is 0 Å². The predicted octanol–water partition coefficient (Wildman–Crippen LogP) is 7.55. The van der Waals surface area contributed by atoms with Crippen LogP contribution in [-0.2, 0) is 0 Å². The molecular formula is C36H23BN2S. The van der Waals surface area contributed by atoms with Crippen molar-refractivity contribution in [3.05, 3.63) is 140 Å². The van der Waals surface area contributed by atoms with E-state index >= 15 is 0 Å². The average molecular weight is 526 g/mol. The van der Waals surface area contributed by atoms with Crippen LogP contribution in [-0.4, -0.2) is 11.3 Å². The molecule has 0 N–H and O–H groups in total. The van der Waals surface area contributed by atoms with Gasteiger partial charge in [0.1, 0.15) is 0 Å². The molecule has 0 atom stereocenters. The Morgan fingerprint density at radius 3 is 1.98 bits per heavy atom. The number of benzene rings is 6. The molecule has 0 amide bonds. The normalized spacial score (nSPS) is 12.8. The van der Waals surface area contributed by atoms with E-state index < -0.39 is 0 Å². The van der Waals surface area contributed by atoms with Gasteiger partial charge in [-0.2, -0.15) is 0 Å². The van der Waals surface area contributed by atoms with Gasteiger partial charge < -0.3 is 9.47 Å². The molecular weight excluding hydrogens is 503 g/mol. The molecule has 0 radical (unpaired) electrons. The maximum absolute atomic E-state index is 2.53. The summed E-state index contributed by atoms with van der Waals surface area (Å²) in [6.45, 7) is 0.207. The van der Waals surface area contributed by atoms with Crippen molar-refractivity contribution in [2.75, 3.05) is 4.90 Å². The molecule has 0 fully saturated rings. The van der Waals surface area contributed by atoms with Gasteiger partial charge in [0.2, 0.25) is 6.71 Å². The zero-order valence-corrected chi connectivity index (χ0v) is 22.5. The number of rotatable bonds is 3. The maximum Gasteiger partial charge on any atom is 0.249 e. The molecule has 0 unspecified atom stereocenters. The minimum atomic E-state index is 0.207. The third-order valence-corrected chi connectivity index (χ3v) is 9.56. The van der Waals surface area contributed by atoms with Crippen molar-refractivity contribution >= 4 is 73.7 Å². The zero-order valence-electron chi connectivity index (χ0n) is 21.7. The zero-order chi connectivity index (χ0) is 26.2. The van der Waals surface area contributed by atoms with E-state index in [0.717, 1.165) is 11.4 Å². The summed E-state index contributed by atoms with van der Waals surface area (Å²) in [6, 6.07) is 51.0. The SMILES string of the molecule is c1ccc(N(c2ccccc2)c2cc3c4c(c2)-n2c5ccccc5c5cccc(c52)B4c2ccccc2S3)cc1. The first-order valence-electron chi connectivity index (χ1n) is 13.7. The summed E-state index contributed by atoms with van der Waals surface area (Å²) in [4.78, 5) is 5.06. The van der Waals surface area contributed by atoms with E-state index in [9.17, 15) is 0 Å². The number of hydrogen-bond acceptors (Lipinski definition) is 2. The summed E-state index contributed by atoms with van der Waals surface area (Å²) in [5, 5.41) is 2.63. The molecule has 7 aromatic rings. The van der Waals surface area contributed by atoms with Crippen LogP contribution in [0.2, 0.25) is 0 Å². The van der Waals surface area contributed by atoms with Crippen LogP contribution in [0.15, 0.2) is 149 Å². The van der Waals surface area contributed by atoms with E-state index in [4.69, 9.17) is 0 Å². The van der Waals surface area contributed by atoms with Gasteiger partial charge in [0.25, 0.3) is 0 Å². The predicted molar refractivity (Wildman–Crippen MR) is 171 cm³/mol. The smallest absolute Gasteiger partial charge is 0.249 e. The minimum absolute atomic E-state index is 0.207. The van der Waals surface area contributed by atoms with Crippen LogP contribution in [0.4, 0.5) is 17.1 Å². The van der Waals surface area contributed by atoms with Gasteiger partial charge in [-0.25, -0.2) is 0 Å². The van der Waals surface area contributed by atoms with Gasteiger partial charge in [-0.05, 0) is 59.5 Å². The number of para-hydroxylation sites is 4. The summed E-state index contributed by atoms with van der Waals surface area (Å²) in [7, 11) is 0. The van der Waals surface area contributed by atoms with Crippen molar-refractivity contribution in [1.82, 2.24) is 4.57 Å². The molecule has 0 saturated carbocycles. The Labute approximate surface area is 237 Å². The van der Waals surface area contributed by atoms with Crippen LogP contribution in [0.3, 0.4) is 0 Å². The number of hydrogen-bond donors (Lipinski definition) is 0. The van der Waals surface area contributed by atoms with Crippen LogP contribution >= 0.6 is 11.8 Å². The lowest BCUT2D eigenvalue weighted by atomic mass is 9.35. The Kier molecular flexibility index (Phi) is 4.67. The molecule has 1 aromatic heterocycles. The topological polar surface area (TPSA) is 8.17 Å². The highest BCUT2D eigenvalue weighted by molar-refractivity contribution is 8.00. The van der Waals surface area contributed by atoms with E-state index in [1.807, 2.05) is 11.8 Å². The van der Waals surface area contributed by atoms with Crippen molar-refractivity contribution in [3.8, 4) is 5.69 Å². The van der Waals surface area contributed by atoms with E-state index in [2.05, 4.69) is 149 Å². The molecule has 6 aromatic carbocycles. The third-order valence-electron chi connectivity index (χ3n) is 8.41. The Balaban J connectivity index is 1.42. The highest BCUT2D eigenvalue weighted by Gasteiger charge is 2.39. The van der Waals surface area contributed by atoms with Crippen LogP contribution in [0, 0.1) is 0 Å². The quantitative estimate of drug-likeness (QED) is 0.220. The van der Waals surface area contributed by atoms with Crippen molar-refractivity contribution in [2.24, 2.45) is 0 Å². The minimum Gasteiger partial charge on any atom is -0.310 e. The van der Waals surface area contributed by atoms with Crippen molar-refractivity contribution < 1.29 is 0 Å². The molecule has 2 aliphatic heterocycles. The van der Waals surface area contributed by atoms with Gasteiger partial charge in [-0.1, -0.05) is 108 Å². The fraction of sp³-hybridized carbons (Fsp3) is 0. The highest BCUT2D eigenvalue weighted by Crippen LogP contribution is 2.43. The second kappa shape index (κ2) is 8.42. The van der Waals surface area contributed by atoms with Gasteiger partial charge >= 0.3 is 0 Å². The van der Waals surface area contributed by atoms with Gasteiger partial charge in [0, 0.05) is 48.8 Å². The Morgan fingerprint density at radius 1 is 0.525 bits per heavy atom. The lowest BCUT2D eigenvalue weighted by Gasteiger charge is -2.35. The van der Waals surface area contributed by atoms with E-state index in [0.29, 0.717) is 0 Å². The first-order valence-corrected chi connectivity index (χ1v) is 14.6. The molecule has 0 saturated heterocycles. The summed E-state index contributed by atoms with van der Waals surface area (Å²) >= 11 is 1.90. The van der Waals surface area contributed by atoms with Crippen LogP contribution in [0.5, 0.6) is 0 Å². The largest absolute Gasteiger partial charge is 0.310 e. The second-order valence-electron chi connectivity index (χ2n) is 10.6. The van der Waals surface area contributed by atoms with Crippen LogP contribution < -0.4 is 21.3 Å². The summed E-state index contributed by atoms with van der Waals surface area (Å²) in [6.07, 6.45) is 0.